The molecule has 1 saturated heterocycles. The SMILES string of the molecule is C[C@H]1CO[C@]23CCC[C@H]2n2cc(C(=O)NCc4ccc(F)c(Cl)c4F)c(=O)c(O)c2C(=O)N13. The second-order valence-corrected chi connectivity index (χ2v) is 8.96. The average molecular weight is 480 g/mol. The van der Waals surface area contributed by atoms with E-state index in [1.807, 2.05) is 6.92 Å². The van der Waals surface area contributed by atoms with Gasteiger partial charge in [-0.05, 0) is 32.3 Å². The Balaban J connectivity index is 1.52. The zero-order valence-electron chi connectivity index (χ0n) is 17.5. The molecule has 174 valence electrons. The number of aromatic hydroxyl groups is 1. The lowest BCUT2D eigenvalue weighted by Gasteiger charge is -2.45. The van der Waals surface area contributed by atoms with Crippen LogP contribution < -0.4 is 10.7 Å². The predicted molar refractivity (Wildman–Crippen MR) is 112 cm³/mol. The van der Waals surface area contributed by atoms with Gasteiger partial charge >= 0.3 is 0 Å². The van der Waals surface area contributed by atoms with Crippen LogP contribution in [0.3, 0.4) is 0 Å². The molecule has 0 radical (unpaired) electrons. The fourth-order valence-corrected chi connectivity index (χ4v) is 5.41. The highest BCUT2D eigenvalue weighted by atomic mass is 35.5. The molecule has 1 saturated carbocycles. The lowest BCUT2D eigenvalue weighted by molar-refractivity contribution is -0.101. The highest BCUT2D eigenvalue weighted by molar-refractivity contribution is 6.30. The van der Waals surface area contributed by atoms with E-state index in [4.69, 9.17) is 16.3 Å². The van der Waals surface area contributed by atoms with Crippen molar-refractivity contribution in [2.75, 3.05) is 6.61 Å². The summed E-state index contributed by atoms with van der Waals surface area (Å²) in [6.45, 7) is 1.81. The maximum absolute atomic E-state index is 14.1. The summed E-state index contributed by atoms with van der Waals surface area (Å²) in [5.41, 5.74) is -2.55. The summed E-state index contributed by atoms with van der Waals surface area (Å²) in [4.78, 5) is 40.4. The van der Waals surface area contributed by atoms with Crippen molar-refractivity contribution >= 4 is 23.4 Å². The van der Waals surface area contributed by atoms with Crippen LogP contribution in [-0.2, 0) is 11.3 Å². The molecule has 2 N–H and O–H groups in total. The van der Waals surface area contributed by atoms with Crippen LogP contribution in [0.2, 0.25) is 5.02 Å². The zero-order valence-corrected chi connectivity index (χ0v) is 18.3. The molecular weight excluding hydrogens is 460 g/mol. The minimum absolute atomic E-state index is 0.0778. The van der Waals surface area contributed by atoms with Crippen LogP contribution in [0.5, 0.6) is 5.75 Å². The third-order valence-corrected chi connectivity index (χ3v) is 7.07. The van der Waals surface area contributed by atoms with Crippen molar-refractivity contribution in [2.45, 2.75) is 50.5 Å². The molecule has 3 atom stereocenters. The minimum atomic E-state index is -1.02. The molecule has 33 heavy (non-hydrogen) atoms. The van der Waals surface area contributed by atoms with Crippen LogP contribution in [0, 0.1) is 11.6 Å². The Kier molecular flexibility index (Phi) is 4.98. The van der Waals surface area contributed by atoms with E-state index in [0.717, 1.165) is 18.6 Å². The van der Waals surface area contributed by atoms with E-state index in [1.54, 1.807) is 4.90 Å². The molecule has 2 fully saturated rings. The summed E-state index contributed by atoms with van der Waals surface area (Å²) in [7, 11) is 0. The number of rotatable bonds is 3. The van der Waals surface area contributed by atoms with Gasteiger partial charge in [0.15, 0.2) is 17.2 Å². The number of benzene rings is 1. The van der Waals surface area contributed by atoms with Crippen molar-refractivity contribution in [3.8, 4) is 5.75 Å². The molecular formula is C22H20ClF2N3O5. The standard InChI is InChI=1S/C22H20ClF2N3O5/c1-10-9-33-22-6-2-3-14(22)27-8-12(18(29)19(30)17(27)21(32)28(10)22)20(31)26-7-11-4-5-13(24)15(23)16(11)25/h4-5,8,10,14,30H,2-3,6-7,9H2,1H3,(H,26,31)/t10-,14+,22+/m0/s1. The number of ether oxygens (including phenoxy) is 1. The monoisotopic (exact) mass is 479 g/mol. The van der Waals surface area contributed by atoms with Crippen LogP contribution >= 0.6 is 11.6 Å². The number of pyridine rings is 1. The number of nitrogens with one attached hydrogen (secondary N) is 1. The maximum Gasteiger partial charge on any atom is 0.277 e. The first-order valence-corrected chi connectivity index (χ1v) is 10.9. The molecule has 3 aliphatic rings. The summed E-state index contributed by atoms with van der Waals surface area (Å²) < 4.78 is 35.0. The normalized spacial score (nSPS) is 25.6. The molecule has 0 unspecified atom stereocenters. The highest BCUT2D eigenvalue weighted by Gasteiger charge is 2.60. The predicted octanol–water partition coefficient (Wildman–Crippen LogP) is 2.71. The first-order chi connectivity index (χ1) is 15.7. The molecule has 2 aromatic rings. The number of aromatic nitrogens is 1. The van der Waals surface area contributed by atoms with Crippen molar-refractivity contribution in [3.63, 3.8) is 0 Å². The van der Waals surface area contributed by atoms with Crippen LogP contribution in [0.25, 0.3) is 0 Å². The number of hydrogen-bond acceptors (Lipinski definition) is 5. The van der Waals surface area contributed by atoms with Gasteiger partial charge in [-0.15, -0.1) is 0 Å². The summed E-state index contributed by atoms with van der Waals surface area (Å²) in [5.74, 6) is -4.18. The topological polar surface area (TPSA) is 101 Å². The second-order valence-electron chi connectivity index (χ2n) is 8.58. The summed E-state index contributed by atoms with van der Waals surface area (Å²) in [5, 5.41) is 12.3. The Labute approximate surface area is 191 Å². The van der Waals surface area contributed by atoms with Crippen LogP contribution in [0.4, 0.5) is 8.78 Å². The number of fused-ring (bicyclic) bond motifs is 2. The average Bonchev–Trinajstić information content (AvgIpc) is 3.36. The summed E-state index contributed by atoms with van der Waals surface area (Å²) >= 11 is 5.56. The lowest BCUT2D eigenvalue weighted by atomic mass is 9.98. The molecule has 1 aliphatic carbocycles. The Morgan fingerprint density at radius 1 is 1.36 bits per heavy atom. The molecule has 2 aliphatic heterocycles. The number of nitrogens with zero attached hydrogens (tertiary/aromatic N) is 2. The molecule has 3 heterocycles. The molecule has 1 aromatic carbocycles. The van der Waals surface area contributed by atoms with Gasteiger partial charge in [-0.2, -0.15) is 0 Å². The molecule has 5 rings (SSSR count). The third kappa shape index (κ3) is 3.00. The largest absolute Gasteiger partial charge is 0.503 e. The smallest absolute Gasteiger partial charge is 0.277 e. The van der Waals surface area contributed by atoms with Crippen molar-refractivity contribution in [3.05, 3.63) is 62.0 Å². The summed E-state index contributed by atoms with van der Waals surface area (Å²) in [6, 6.07) is 1.50. The molecule has 2 amide bonds. The number of halogens is 3. The van der Waals surface area contributed by atoms with E-state index >= 15 is 0 Å². The van der Waals surface area contributed by atoms with Gasteiger partial charge in [0.2, 0.25) is 5.43 Å². The minimum Gasteiger partial charge on any atom is -0.503 e. The van der Waals surface area contributed by atoms with E-state index in [-0.39, 0.29) is 29.9 Å². The van der Waals surface area contributed by atoms with E-state index in [0.29, 0.717) is 19.4 Å². The Bertz CT molecular complexity index is 1270. The zero-order chi connectivity index (χ0) is 23.7. The van der Waals surface area contributed by atoms with Crippen molar-refractivity contribution in [1.82, 2.24) is 14.8 Å². The van der Waals surface area contributed by atoms with Gasteiger partial charge in [-0.3, -0.25) is 14.4 Å². The van der Waals surface area contributed by atoms with E-state index in [9.17, 15) is 28.3 Å². The lowest BCUT2D eigenvalue weighted by Crippen LogP contribution is -2.58. The Morgan fingerprint density at radius 2 is 2.12 bits per heavy atom. The van der Waals surface area contributed by atoms with Gasteiger partial charge in [0, 0.05) is 18.3 Å². The van der Waals surface area contributed by atoms with Gasteiger partial charge in [-0.25, -0.2) is 8.78 Å². The van der Waals surface area contributed by atoms with E-state index < -0.39 is 50.9 Å². The molecule has 11 heteroatoms. The quantitative estimate of drug-likeness (QED) is 0.659. The number of carbonyl (C=O) groups excluding carboxylic acids is 2. The van der Waals surface area contributed by atoms with Crippen LogP contribution in [0.1, 0.15) is 58.6 Å². The van der Waals surface area contributed by atoms with Crippen molar-refractivity contribution < 1.29 is 28.2 Å². The van der Waals surface area contributed by atoms with Gasteiger partial charge < -0.3 is 24.6 Å². The number of amides is 2. The summed E-state index contributed by atoms with van der Waals surface area (Å²) in [6.07, 6.45) is 3.25. The second kappa shape index (κ2) is 7.53. The van der Waals surface area contributed by atoms with Gasteiger partial charge in [-0.1, -0.05) is 17.7 Å². The van der Waals surface area contributed by atoms with Gasteiger partial charge in [0.05, 0.1) is 18.7 Å². The fourth-order valence-electron chi connectivity index (χ4n) is 5.23. The first-order valence-electron chi connectivity index (χ1n) is 10.5. The number of carbonyl (C=O) groups is 2. The Hall–Kier alpha value is -2.98. The molecule has 0 bridgehead atoms. The van der Waals surface area contributed by atoms with Crippen LogP contribution in [0.15, 0.2) is 23.1 Å². The molecule has 1 spiro atoms. The first kappa shape index (κ1) is 21.8. The fraction of sp³-hybridized carbons (Fsp3) is 0.409. The van der Waals surface area contributed by atoms with E-state index in [2.05, 4.69) is 5.32 Å². The van der Waals surface area contributed by atoms with Crippen molar-refractivity contribution in [1.29, 1.82) is 0 Å². The number of hydrogen-bond donors (Lipinski definition) is 2. The molecule has 8 nitrogen and oxygen atoms in total. The molecule has 1 aromatic heterocycles. The van der Waals surface area contributed by atoms with Crippen molar-refractivity contribution in [2.24, 2.45) is 0 Å². The maximum atomic E-state index is 14.1. The Morgan fingerprint density at radius 3 is 2.88 bits per heavy atom. The highest BCUT2D eigenvalue weighted by Crippen LogP contribution is 2.52. The van der Waals surface area contributed by atoms with E-state index in [1.165, 1.54) is 10.8 Å². The van der Waals surface area contributed by atoms with Gasteiger partial charge in [0.1, 0.15) is 22.2 Å². The third-order valence-electron chi connectivity index (χ3n) is 6.72. The van der Waals surface area contributed by atoms with Gasteiger partial charge in [0.25, 0.3) is 11.8 Å². The van der Waals surface area contributed by atoms with Crippen LogP contribution in [-0.4, -0.2) is 44.8 Å².